The van der Waals surface area contributed by atoms with Gasteiger partial charge in [-0.05, 0) is 42.5 Å². The minimum atomic E-state index is -3.34. The topological polar surface area (TPSA) is 126 Å². The fourth-order valence-electron chi connectivity index (χ4n) is 3.46. The number of amides is 3. The summed E-state index contributed by atoms with van der Waals surface area (Å²) < 4.78 is 24.1. The number of hydrogen-bond donors (Lipinski definition) is 2. The standard InChI is InChI=1S/C21H20N4O5S2/c1-12(26)22-14-3-5-15(6-4-14)25-11-13(9-19(25)27)20(28)24-21-23-17-8-7-16(32(2,29)30)10-18(17)31-21/h3-8,10,13H,9,11H2,1-2H3,(H,22,26)(H,23,24,28). The molecule has 1 aliphatic heterocycles. The molecule has 2 N–H and O–H groups in total. The van der Waals surface area contributed by atoms with E-state index >= 15 is 0 Å². The summed E-state index contributed by atoms with van der Waals surface area (Å²) >= 11 is 1.18. The van der Waals surface area contributed by atoms with Crippen molar-refractivity contribution in [2.24, 2.45) is 5.92 Å². The number of carbonyl (C=O) groups excluding carboxylic acids is 3. The van der Waals surface area contributed by atoms with Crippen LogP contribution in [-0.4, -0.2) is 43.9 Å². The summed E-state index contributed by atoms with van der Waals surface area (Å²) in [7, 11) is -3.34. The van der Waals surface area contributed by atoms with Crippen molar-refractivity contribution in [2.75, 3.05) is 28.3 Å². The highest BCUT2D eigenvalue weighted by Gasteiger charge is 2.35. The molecule has 1 unspecified atom stereocenters. The zero-order valence-corrected chi connectivity index (χ0v) is 18.9. The summed E-state index contributed by atoms with van der Waals surface area (Å²) in [6, 6.07) is 11.4. The van der Waals surface area contributed by atoms with Gasteiger partial charge < -0.3 is 15.5 Å². The smallest absolute Gasteiger partial charge is 0.231 e. The molecule has 9 nitrogen and oxygen atoms in total. The van der Waals surface area contributed by atoms with Gasteiger partial charge >= 0.3 is 0 Å². The van der Waals surface area contributed by atoms with Crippen molar-refractivity contribution in [3.63, 3.8) is 0 Å². The minimum absolute atomic E-state index is 0.0718. The summed E-state index contributed by atoms with van der Waals surface area (Å²) in [4.78, 5) is 42.4. The van der Waals surface area contributed by atoms with Crippen LogP contribution in [0.3, 0.4) is 0 Å². The number of thiazole rings is 1. The molecule has 2 heterocycles. The van der Waals surface area contributed by atoms with Gasteiger partial charge in [-0.1, -0.05) is 11.3 Å². The zero-order valence-electron chi connectivity index (χ0n) is 17.3. The van der Waals surface area contributed by atoms with Crippen LogP contribution in [0.4, 0.5) is 16.5 Å². The van der Waals surface area contributed by atoms with Gasteiger partial charge in [0, 0.05) is 37.5 Å². The van der Waals surface area contributed by atoms with Gasteiger partial charge in [-0.15, -0.1) is 0 Å². The lowest BCUT2D eigenvalue weighted by Gasteiger charge is -2.17. The fourth-order valence-corrected chi connectivity index (χ4v) is 5.09. The van der Waals surface area contributed by atoms with Crippen LogP contribution in [0.25, 0.3) is 10.2 Å². The number of fused-ring (bicyclic) bond motifs is 1. The Labute approximate surface area is 188 Å². The predicted molar refractivity (Wildman–Crippen MR) is 123 cm³/mol. The SMILES string of the molecule is CC(=O)Nc1ccc(N2CC(C(=O)Nc3nc4ccc(S(C)(=O)=O)cc4s3)CC2=O)cc1. The van der Waals surface area contributed by atoms with E-state index in [0.717, 1.165) is 6.26 Å². The van der Waals surface area contributed by atoms with Gasteiger partial charge in [-0.3, -0.25) is 14.4 Å². The van der Waals surface area contributed by atoms with E-state index in [2.05, 4.69) is 15.6 Å². The number of nitrogens with one attached hydrogen (secondary N) is 2. The maximum absolute atomic E-state index is 12.7. The van der Waals surface area contributed by atoms with Gasteiger partial charge in [0.15, 0.2) is 15.0 Å². The van der Waals surface area contributed by atoms with Crippen LogP contribution < -0.4 is 15.5 Å². The average molecular weight is 473 g/mol. The second kappa shape index (κ2) is 8.32. The van der Waals surface area contributed by atoms with E-state index in [0.29, 0.717) is 26.7 Å². The fraction of sp³-hybridized carbons (Fsp3) is 0.238. The first-order valence-corrected chi connectivity index (χ1v) is 12.4. The third-order valence-electron chi connectivity index (χ3n) is 5.01. The Morgan fingerprint density at radius 2 is 1.84 bits per heavy atom. The quantitative estimate of drug-likeness (QED) is 0.588. The van der Waals surface area contributed by atoms with Crippen molar-refractivity contribution in [2.45, 2.75) is 18.2 Å². The van der Waals surface area contributed by atoms with E-state index in [1.165, 1.54) is 30.4 Å². The molecule has 2 aromatic carbocycles. The van der Waals surface area contributed by atoms with Crippen molar-refractivity contribution in [1.82, 2.24) is 4.98 Å². The third kappa shape index (κ3) is 4.63. The van der Waals surface area contributed by atoms with Gasteiger partial charge in [0.2, 0.25) is 17.7 Å². The molecule has 1 aliphatic rings. The Hall–Kier alpha value is -3.31. The summed E-state index contributed by atoms with van der Waals surface area (Å²) in [5.41, 5.74) is 1.85. The van der Waals surface area contributed by atoms with Gasteiger partial charge in [-0.25, -0.2) is 13.4 Å². The van der Waals surface area contributed by atoms with Crippen molar-refractivity contribution in [1.29, 1.82) is 0 Å². The average Bonchev–Trinajstić information content (AvgIpc) is 3.29. The molecule has 1 aromatic heterocycles. The molecule has 0 bridgehead atoms. The molecule has 0 radical (unpaired) electrons. The number of carbonyl (C=O) groups is 3. The number of aromatic nitrogens is 1. The van der Waals surface area contributed by atoms with E-state index in [1.807, 2.05) is 0 Å². The molecule has 3 aromatic rings. The molecule has 0 spiro atoms. The second-order valence-electron chi connectivity index (χ2n) is 7.54. The number of rotatable bonds is 5. The Balaban J connectivity index is 1.45. The Morgan fingerprint density at radius 1 is 1.12 bits per heavy atom. The Bertz CT molecular complexity index is 1330. The lowest BCUT2D eigenvalue weighted by molar-refractivity contribution is -0.122. The molecule has 1 saturated heterocycles. The van der Waals surface area contributed by atoms with Crippen molar-refractivity contribution < 1.29 is 22.8 Å². The highest BCUT2D eigenvalue weighted by Crippen LogP contribution is 2.30. The molecule has 11 heteroatoms. The molecule has 166 valence electrons. The summed E-state index contributed by atoms with van der Waals surface area (Å²) in [5.74, 6) is -1.22. The number of hydrogen-bond acceptors (Lipinski definition) is 7. The van der Waals surface area contributed by atoms with Crippen LogP contribution in [0.15, 0.2) is 47.4 Å². The largest absolute Gasteiger partial charge is 0.326 e. The zero-order chi connectivity index (χ0) is 23.0. The van der Waals surface area contributed by atoms with Gasteiger partial charge in [0.25, 0.3) is 0 Å². The number of benzene rings is 2. The molecule has 4 rings (SSSR count). The highest BCUT2D eigenvalue weighted by molar-refractivity contribution is 7.90. The lowest BCUT2D eigenvalue weighted by atomic mass is 10.1. The Kier molecular flexibility index (Phi) is 5.70. The van der Waals surface area contributed by atoms with Crippen LogP contribution >= 0.6 is 11.3 Å². The lowest BCUT2D eigenvalue weighted by Crippen LogP contribution is -2.28. The van der Waals surface area contributed by atoms with Gasteiger partial charge in [0.05, 0.1) is 21.0 Å². The van der Waals surface area contributed by atoms with Crippen molar-refractivity contribution in [3.8, 4) is 0 Å². The molecular formula is C21H20N4O5S2. The van der Waals surface area contributed by atoms with Gasteiger partial charge in [-0.2, -0.15) is 0 Å². The molecule has 1 fully saturated rings. The van der Waals surface area contributed by atoms with Crippen LogP contribution in [0.5, 0.6) is 0 Å². The molecule has 0 aliphatic carbocycles. The molecule has 0 saturated carbocycles. The summed E-state index contributed by atoms with van der Waals surface area (Å²) in [6.07, 6.45) is 1.20. The van der Waals surface area contributed by atoms with Crippen LogP contribution in [0, 0.1) is 5.92 Å². The first-order chi connectivity index (χ1) is 15.1. The highest BCUT2D eigenvalue weighted by atomic mass is 32.2. The number of anilines is 3. The second-order valence-corrected chi connectivity index (χ2v) is 10.6. The van der Waals surface area contributed by atoms with E-state index in [4.69, 9.17) is 0 Å². The predicted octanol–water partition coefficient (Wildman–Crippen LogP) is 2.65. The molecule has 3 amide bonds. The normalized spacial score (nSPS) is 16.4. The molecule has 32 heavy (non-hydrogen) atoms. The van der Waals surface area contributed by atoms with Crippen LogP contribution in [0.2, 0.25) is 0 Å². The summed E-state index contributed by atoms with van der Waals surface area (Å²) in [6.45, 7) is 1.64. The van der Waals surface area contributed by atoms with Crippen LogP contribution in [0.1, 0.15) is 13.3 Å². The van der Waals surface area contributed by atoms with E-state index in [1.54, 1.807) is 35.2 Å². The van der Waals surface area contributed by atoms with Crippen molar-refractivity contribution >= 4 is 65.6 Å². The number of nitrogens with zero attached hydrogens (tertiary/aromatic N) is 2. The summed E-state index contributed by atoms with van der Waals surface area (Å²) in [5, 5.41) is 5.76. The van der Waals surface area contributed by atoms with Gasteiger partial charge in [0.1, 0.15) is 0 Å². The first-order valence-electron chi connectivity index (χ1n) is 9.70. The van der Waals surface area contributed by atoms with Crippen molar-refractivity contribution in [3.05, 3.63) is 42.5 Å². The minimum Gasteiger partial charge on any atom is -0.326 e. The number of sulfone groups is 1. The van der Waals surface area contributed by atoms with E-state index in [9.17, 15) is 22.8 Å². The first kappa shape index (κ1) is 21.9. The van der Waals surface area contributed by atoms with E-state index in [-0.39, 0.29) is 35.6 Å². The third-order valence-corrected chi connectivity index (χ3v) is 7.06. The maximum atomic E-state index is 12.7. The molecule has 1 atom stereocenters. The maximum Gasteiger partial charge on any atom is 0.231 e. The molecular weight excluding hydrogens is 452 g/mol. The van der Waals surface area contributed by atoms with E-state index < -0.39 is 15.8 Å². The Morgan fingerprint density at radius 3 is 2.50 bits per heavy atom. The van der Waals surface area contributed by atoms with Crippen LogP contribution in [-0.2, 0) is 24.2 Å². The monoisotopic (exact) mass is 472 g/mol.